The monoisotopic (exact) mass is 292 g/mol. The minimum absolute atomic E-state index is 0.101. The van der Waals surface area contributed by atoms with Gasteiger partial charge in [0, 0.05) is 6.42 Å². The quantitative estimate of drug-likeness (QED) is 0.788. The Morgan fingerprint density at radius 3 is 2.82 bits per heavy atom. The molecule has 0 spiro atoms. The van der Waals surface area contributed by atoms with Crippen LogP contribution in [0.4, 0.5) is 5.69 Å². The Balaban J connectivity index is 1.85. The number of aromatic nitrogens is 3. The van der Waals surface area contributed by atoms with E-state index in [1.54, 1.807) is 6.20 Å². The molecule has 110 valence electrons. The molecule has 5 nitrogen and oxygen atoms in total. The lowest BCUT2D eigenvalue weighted by atomic mass is 9.93. The maximum absolute atomic E-state index is 12.1. The third kappa shape index (κ3) is 1.97. The number of Topliss-reactive ketones (excluding diaryl/α,β-unsaturated/α-hetero) is 1. The molecular formula is C17H16N4O. The normalized spacial score (nSPS) is 14.3. The number of pyridine rings is 1. The maximum atomic E-state index is 12.1. The molecule has 1 aliphatic carbocycles. The van der Waals surface area contributed by atoms with Crippen LogP contribution in [0.1, 0.15) is 34.5 Å². The summed E-state index contributed by atoms with van der Waals surface area (Å²) in [6.07, 6.45) is 3.92. The maximum Gasteiger partial charge on any atom is 0.166 e. The third-order valence-corrected chi connectivity index (χ3v) is 4.17. The Kier molecular flexibility index (Phi) is 2.92. The van der Waals surface area contributed by atoms with Gasteiger partial charge in [-0.15, -0.1) is 0 Å². The largest absolute Gasteiger partial charge is 0.397 e. The number of hydrogen-bond acceptors (Lipinski definition) is 4. The first-order chi connectivity index (χ1) is 10.7. The minimum atomic E-state index is 0.101. The van der Waals surface area contributed by atoms with Crippen LogP contribution in [0, 0.1) is 0 Å². The van der Waals surface area contributed by atoms with Crippen LogP contribution < -0.4 is 5.73 Å². The van der Waals surface area contributed by atoms with Crippen molar-refractivity contribution in [3.63, 3.8) is 0 Å². The van der Waals surface area contributed by atoms with Crippen molar-refractivity contribution in [3.8, 4) is 0 Å². The summed E-state index contributed by atoms with van der Waals surface area (Å²) in [5.74, 6) is 0.101. The molecule has 0 unspecified atom stereocenters. The van der Waals surface area contributed by atoms with Gasteiger partial charge in [-0.25, -0.2) is 9.67 Å². The molecule has 2 aromatic heterocycles. The predicted octanol–water partition coefficient (Wildman–Crippen LogP) is 2.58. The highest BCUT2D eigenvalue weighted by Crippen LogP contribution is 2.31. The molecule has 0 atom stereocenters. The fraction of sp³-hybridized carbons (Fsp3) is 0.235. The van der Waals surface area contributed by atoms with Gasteiger partial charge in [0.1, 0.15) is 0 Å². The van der Waals surface area contributed by atoms with E-state index < -0.39 is 0 Å². The Morgan fingerprint density at radius 1 is 1.18 bits per heavy atom. The van der Waals surface area contributed by atoms with Crippen LogP contribution in [-0.2, 0) is 13.0 Å². The molecule has 1 aromatic carbocycles. The van der Waals surface area contributed by atoms with Crippen LogP contribution in [0.5, 0.6) is 0 Å². The summed E-state index contributed by atoms with van der Waals surface area (Å²) in [6.45, 7) is 0.642. The second-order valence-corrected chi connectivity index (χ2v) is 5.65. The third-order valence-electron chi connectivity index (χ3n) is 4.17. The van der Waals surface area contributed by atoms with E-state index in [2.05, 4.69) is 22.2 Å². The van der Waals surface area contributed by atoms with Crippen LogP contribution in [0.3, 0.4) is 0 Å². The second kappa shape index (κ2) is 4.94. The number of rotatable bonds is 2. The lowest BCUT2D eigenvalue weighted by Crippen LogP contribution is -2.16. The Hall–Kier alpha value is -2.69. The first-order valence-corrected chi connectivity index (χ1v) is 7.45. The van der Waals surface area contributed by atoms with Gasteiger partial charge in [-0.05, 0) is 18.4 Å². The van der Waals surface area contributed by atoms with E-state index >= 15 is 0 Å². The molecule has 0 radical (unpaired) electrons. The molecule has 22 heavy (non-hydrogen) atoms. The van der Waals surface area contributed by atoms with E-state index in [4.69, 9.17) is 5.73 Å². The average molecular weight is 292 g/mol. The Morgan fingerprint density at radius 2 is 2.00 bits per heavy atom. The molecule has 0 saturated carbocycles. The van der Waals surface area contributed by atoms with Crippen molar-refractivity contribution < 1.29 is 4.79 Å². The van der Waals surface area contributed by atoms with Crippen molar-refractivity contribution in [1.29, 1.82) is 0 Å². The zero-order valence-electron chi connectivity index (χ0n) is 12.1. The molecule has 1 aliphatic rings. The summed E-state index contributed by atoms with van der Waals surface area (Å²) < 4.78 is 1.85. The zero-order valence-corrected chi connectivity index (χ0v) is 12.1. The van der Waals surface area contributed by atoms with Gasteiger partial charge in [0.15, 0.2) is 11.4 Å². The number of nitrogen functional groups attached to an aromatic ring is 1. The van der Waals surface area contributed by atoms with Crippen molar-refractivity contribution in [2.24, 2.45) is 0 Å². The van der Waals surface area contributed by atoms with Gasteiger partial charge in [0.2, 0.25) is 0 Å². The smallest absolute Gasteiger partial charge is 0.166 e. The van der Waals surface area contributed by atoms with Crippen molar-refractivity contribution in [1.82, 2.24) is 14.8 Å². The second-order valence-electron chi connectivity index (χ2n) is 5.65. The molecule has 2 heterocycles. The van der Waals surface area contributed by atoms with E-state index in [-0.39, 0.29) is 5.78 Å². The first-order valence-electron chi connectivity index (χ1n) is 7.45. The molecule has 0 bridgehead atoms. The van der Waals surface area contributed by atoms with Crippen LogP contribution >= 0.6 is 0 Å². The van der Waals surface area contributed by atoms with E-state index in [0.717, 1.165) is 35.1 Å². The van der Waals surface area contributed by atoms with Gasteiger partial charge in [-0.1, -0.05) is 30.3 Å². The van der Waals surface area contributed by atoms with Gasteiger partial charge in [-0.3, -0.25) is 4.79 Å². The number of carbonyl (C=O) groups is 1. The molecule has 5 heteroatoms. The van der Waals surface area contributed by atoms with Crippen LogP contribution in [-0.4, -0.2) is 20.5 Å². The van der Waals surface area contributed by atoms with Gasteiger partial charge in [0.05, 0.1) is 35.1 Å². The molecule has 3 aromatic rings. The van der Waals surface area contributed by atoms with Crippen LogP contribution in [0.2, 0.25) is 0 Å². The van der Waals surface area contributed by atoms with Gasteiger partial charge in [-0.2, -0.15) is 5.10 Å². The van der Waals surface area contributed by atoms with Gasteiger partial charge >= 0.3 is 0 Å². The molecule has 2 N–H and O–H groups in total. The molecular weight excluding hydrogens is 276 g/mol. The molecule has 4 rings (SSSR count). The number of nitrogens with two attached hydrogens (primary N) is 1. The van der Waals surface area contributed by atoms with E-state index in [1.807, 2.05) is 22.9 Å². The summed E-state index contributed by atoms with van der Waals surface area (Å²) >= 11 is 0. The molecule has 0 fully saturated rings. The molecule has 0 saturated heterocycles. The number of aryl methyl sites for hydroxylation is 1. The summed E-state index contributed by atoms with van der Waals surface area (Å²) in [6, 6.07) is 10.1. The van der Waals surface area contributed by atoms with Gasteiger partial charge < -0.3 is 5.73 Å². The Bertz CT molecular complexity index is 867. The lowest BCUT2D eigenvalue weighted by molar-refractivity contribution is 0.0972. The predicted molar refractivity (Wildman–Crippen MR) is 84.8 cm³/mol. The highest BCUT2D eigenvalue weighted by atomic mass is 16.1. The summed E-state index contributed by atoms with van der Waals surface area (Å²) in [4.78, 5) is 16.8. The van der Waals surface area contributed by atoms with Crippen molar-refractivity contribution in [2.45, 2.75) is 25.8 Å². The van der Waals surface area contributed by atoms with E-state index in [9.17, 15) is 4.79 Å². The number of benzene rings is 1. The number of anilines is 1. The standard InChI is InChI=1S/C17H16N4O/c18-16-12-9-19-21(10-11-5-2-1-3-6-11)17(12)20-13-7-4-8-14(22)15(13)16/h1-3,5-6,9H,4,7-8,10H2,(H2,18,20). The number of carbonyl (C=O) groups excluding carboxylic acids is 1. The summed E-state index contributed by atoms with van der Waals surface area (Å²) in [5, 5.41) is 5.18. The number of nitrogens with zero attached hydrogens (tertiary/aromatic N) is 3. The number of hydrogen-bond donors (Lipinski definition) is 1. The summed E-state index contributed by atoms with van der Waals surface area (Å²) in [5.41, 5.74) is 10.1. The fourth-order valence-electron chi connectivity index (χ4n) is 3.07. The SMILES string of the molecule is Nc1c2c(nc3c1cnn3Cc1ccccc1)CCCC2=O. The highest BCUT2D eigenvalue weighted by molar-refractivity contribution is 6.08. The molecule has 0 amide bonds. The topological polar surface area (TPSA) is 73.8 Å². The molecule has 0 aliphatic heterocycles. The van der Waals surface area contributed by atoms with Crippen LogP contribution in [0.15, 0.2) is 36.5 Å². The lowest BCUT2D eigenvalue weighted by Gasteiger charge is -2.16. The number of ketones is 1. The highest BCUT2D eigenvalue weighted by Gasteiger charge is 2.24. The van der Waals surface area contributed by atoms with Gasteiger partial charge in [0.25, 0.3) is 0 Å². The average Bonchev–Trinajstić information content (AvgIpc) is 2.92. The van der Waals surface area contributed by atoms with E-state index in [1.165, 1.54) is 0 Å². The summed E-state index contributed by atoms with van der Waals surface area (Å²) in [7, 11) is 0. The van der Waals surface area contributed by atoms with Crippen molar-refractivity contribution in [2.75, 3.05) is 5.73 Å². The zero-order chi connectivity index (χ0) is 15.1. The fourth-order valence-corrected chi connectivity index (χ4v) is 3.07. The minimum Gasteiger partial charge on any atom is -0.397 e. The van der Waals surface area contributed by atoms with Crippen molar-refractivity contribution >= 4 is 22.5 Å². The first kappa shape index (κ1) is 13.0. The van der Waals surface area contributed by atoms with E-state index in [0.29, 0.717) is 24.2 Å². The van der Waals surface area contributed by atoms with Crippen molar-refractivity contribution in [3.05, 3.63) is 53.3 Å². The van der Waals surface area contributed by atoms with Crippen LogP contribution in [0.25, 0.3) is 11.0 Å². The number of fused-ring (bicyclic) bond motifs is 2. The Labute approximate surface area is 127 Å².